The van der Waals surface area contributed by atoms with Gasteiger partial charge in [0.2, 0.25) is 5.78 Å². The van der Waals surface area contributed by atoms with E-state index >= 15 is 0 Å². The van der Waals surface area contributed by atoms with Crippen LogP contribution in [0.2, 0.25) is 0 Å². The molecule has 2 aromatic rings. The monoisotopic (exact) mass is 378 g/mol. The van der Waals surface area contributed by atoms with Crippen molar-refractivity contribution in [3.05, 3.63) is 71.5 Å². The molecule has 0 aromatic heterocycles. The third-order valence-electron chi connectivity index (χ3n) is 4.13. The maximum Gasteiger partial charge on any atom is 0.316 e. The lowest BCUT2D eigenvalue weighted by atomic mass is 9.97. The number of benzene rings is 2. The molecular formula is C23H22O5. The minimum Gasteiger partial charge on any atom is -0.496 e. The zero-order valence-electron chi connectivity index (χ0n) is 16.3. The number of carbonyl (C=O) groups is 2. The zero-order chi connectivity index (χ0) is 20.3. The Morgan fingerprint density at radius 3 is 2.57 bits per heavy atom. The topological polar surface area (TPSA) is 61.8 Å². The number of ether oxygens (including phenoxy) is 3. The zero-order valence-corrected chi connectivity index (χ0v) is 16.3. The normalized spacial score (nSPS) is 14.9. The Balaban J connectivity index is 1.77. The summed E-state index contributed by atoms with van der Waals surface area (Å²) in [4.78, 5) is 24.5. The predicted octanol–water partition coefficient (Wildman–Crippen LogP) is 4.82. The predicted molar refractivity (Wildman–Crippen MR) is 107 cm³/mol. The summed E-state index contributed by atoms with van der Waals surface area (Å²) < 4.78 is 16.3. The number of hydrogen-bond acceptors (Lipinski definition) is 5. The largest absolute Gasteiger partial charge is 0.496 e. The van der Waals surface area contributed by atoms with Crippen molar-refractivity contribution in [1.29, 1.82) is 0 Å². The number of methoxy groups -OCH3 is 1. The van der Waals surface area contributed by atoms with E-state index in [1.807, 2.05) is 30.3 Å². The molecule has 28 heavy (non-hydrogen) atoms. The maximum absolute atomic E-state index is 12.5. The molecule has 0 aliphatic carbocycles. The van der Waals surface area contributed by atoms with Crippen LogP contribution in [0.3, 0.4) is 0 Å². The van der Waals surface area contributed by atoms with Crippen molar-refractivity contribution in [2.24, 2.45) is 5.41 Å². The number of esters is 1. The van der Waals surface area contributed by atoms with Crippen LogP contribution in [-0.4, -0.2) is 18.9 Å². The smallest absolute Gasteiger partial charge is 0.316 e. The number of ketones is 1. The van der Waals surface area contributed by atoms with Crippen LogP contribution in [0.25, 0.3) is 6.08 Å². The summed E-state index contributed by atoms with van der Waals surface area (Å²) in [7, 11) is 1.61. The van der Waals surface area contributed by atoms with Crippen LogP contribution in [0.4, 0.5) is 0 Å². The first-order valence-electron chi connectivity index (χ1n) is 8.90. The maximum atomic E-state index is 12.5. The Hall–Kier alpha value is -3.34. The quantitative estimate of drug-likeness (QED) is 0.434. The Labute approximate surface area is 164 Å². The first kappa shape index (κ1) is 19.4. The van der Waals surface area contributed by atoms with Crippen molar-refractivity contribution in [2.45, 2.75) is 20.8 Å². The second kappa shape index (κ2) is 7.72. The van der Waals surface area contributed by atoms with E-state index in [2.05, 4.69) is 0 Å². The third kappa shape index (κ3) is 4.14. The summed E-state index contributed by atoms with van der Waals surface area (Å²) in [6.45, 7) is 5.33. The number of carbonyl (C=O) groups excluding carboxylic acids is 2. The van der Waals surface area contributed by atoms with Gasteiger partial charge < -0.3 is 14.2 Å². The number of rotatable bonds is 4. The number of Topliss-reactive ketones (excluding diaryl/α,β-unsaturated/α-hetero) is 1. The van der Waals surface area contributed by atoms with Crippen LogP contribution < -0.4 is 14.2 Å². The second-order valence-electron chi connectivity index (χ2n) is 7.36. The Morgan fingerprint density at radius 2 is 1.86 bits per heavy atom. The fourth-order valence-electron chi connectivity index (χ4n) is 2.55. The van der Waals surface area contributed by atoms with Crippen molar-refractivity contribution in [1.82, 2.24) is 0 Å². The highest BCUT2D eigenvalue weighted by Crippen LogP contribution is 2.35. The number of hydrogen-bond donors (Lipinski definition) is 0. The molecule has 1 heterocycles. The fourth-order valence-corrected chi connectivity index (χ4v) is 2.55. The van der Waals surface area contributed by atoms with Gasteiger partial charge >= 0.3 is 5.97 Å². The van der Waals surface area contributed by atoms with E-state index in [0.29, 0.717) is 17.1 Å². The van der Waals surface area contributed by atoms with Crippen LogP contribution in [0, 0.1) is 5.41 Å². The summed E-state index contributed by atoms with van der Waals surface area (Å²) in [6, 6.07) is 12.3. The number of fused-ring (bicyclic) bond motifs is 1. The van der Waals surface area contributed by atoms with Gasteiger partial charge in [-0.15, -0.1) is 0 Å². The molecule has 0 N–H and O–H groups in total. The van der Waals surface area contributed by atoms with Gasteiger partial charge in [0.25, 0.3) is 0 Å². The Bertz CT molecular complexity index is 977. The lowest BCUT2D eigenvalue weighted by Gasteiger charge is -2.16. The van der Waals surface area contributed by atoms with Gasteiger partial charge in [0.1, 0.15) is 17.2 Å². The molecule has 0 amide bonds. The first-order valence-corrected chi connectivity index (χ1v) is 8.90. The molecule has 0 spiro atoms. The molecule has 1 aliphatic rings. The molecule has 0 atom stereocenters. The van der Waals surface area contributed by atoms with Gasteiger partial charge in [-0.05, 0) is 45.0 Å². The van der Waals surface area contributed by atoms with Crippen molar-refractivity contribution >= 4 is 17.8 Å². The van der Waals surface area contributed by atoms with Crippen molar-refractivity contribution in [3.63, 3.8) is 0 Å². The molecule has 0 unspecified atom stereocenters. The Kier molecular flexibility index (Phi) is 5.36. The van der Waals surface area contributed by atoms with E-state index in [9.17, 15) is 9.59 Å². The van der Waals surface area contributed by atoms with E-state index in [1.165, 1.54) is 0 Å². The molecule has 0 fully saturated rings. The molecule has 5 nitrogen and oxygen atoms in total. The fraction of sp³-hybridized carbons (Fsp3) is 0.217. The van der Waals surface area contributed by atoms with E-state index in [0.717, 1.165) is 11.3 Å². The lowest BCUT2D eigenvalue weighted by Crippen LogP contribution is -2.25. The molecule has 2 aromatic carbocycles. The first-order chi connectivity index (χ1) is 13.3. The van der Waals surface area contributed by atoms with Crippen LogP contribution in [0.5, 0.6) is 17.2 Å². The molecule has 0 radical (unpaired) electrons. The van der Waals surface area contributed by atoms with Gasteiger partial charge in [-0.3, -0.25) is 9.59 Å². The highest BCUT2D eigenvalue weighted by Gasteiger charge is 2.29. The molecule has 0 saturated carbocycles. The van der Waals surface area contributed by atoms with Crippen LogP contribution >= 0.6 is 0 Å². The average molecular weight is 378 g/mol. The molecular weight excluding hydrogens is 356 g/mol. The molecule has 0 bridgehead atoms. The molecule has 1 aliphatic heterocycles. The van der Waals surface area contributed by atoms with Gasteiger partial charge in [-0.25, -0.2) is 0 Å². The molecule has 5 heteroatoms. The lowest BCUT2D eigenvalue weighted by molar-refractivity contribution is -0.143. The van der Waals surface area contributed by atoms with Gasteiger partial charge in [0, 0.05) is 11.6 Å². The van der Waals surface area contributed by atoms with Crippen molar-refractivity contribution in [2.75, 3.05) is 7.11 Å². The summed E-state index contributed by atoms with van der Waals surface area (Å²) in [5.74, 6) is 1.10. The highest BCUT2D eigenvalue weighted by atomic mass is 16.5. The molecule has 144 valence electrons. The van der Waals surface area contributed by atoms with E-state index in [-0.39, 0.29) is 17.5 Å². The molecule has 0 saturated heterocycles. The van der Waals surface area contributed by atoms with E-state index in [1.54, 1.807) is 58.2 Å². The minimum atomic E-state index is -0.621. The Morgan fingerprint density at radius 1 is 1.11 bits per heavy atom. The van der Waals surface area contributed by atoms with Gasteiger partial charge in [0.05, 0.1) is 18.1 Å². The summed E-state index contributed by atoms with van der Waals surface area (Å²) in [5.41, 5.74) is 0.707. The van der Waals surface area contributed by atoms with Gasteiger partial charge in [-0.1, -0.05) is 30.4 Å². The standard InChI is InChI=1S/C23H22O5/c1-23(2,3)22(25)27-16-12-13-17-20(14-16)28-19(21(17)24)11-7-9-15-8-5-6-10-18(15)26-4/h5-14H,1-4H3/b9-7+,19-11-. The van der Waals surface area contributed by atoms with E-state index in [4.69, 9.17) is 14.2 Å². The number of para-hydroxylation sites is 1. The molecule has 3 rings (SSSR count). The summed E-state index contributed by atoms with van der Waals surface area (Å²) in [6.07, 6.45) is 5.18. The number of allylic oxidation sites excluding steroid dienone is 3. The van der Waals surface area contributed by atoms with Crippen molar-refractivity contribution < 1.29 is 23.8 Å². The summed E-state index contributed by atoms with van der Waals surface area (Å²) in [5, 5.41) is 0. The van der Waals surface area contributed by atoms with Gasteiger partial charge in [0.15, 0.2) is 5.76 Å². The third-order valence-corrected chi connectivity index (χ3v) is 4.13. The second-order valence-corrected chi connectivity index (χ2v) is 7.36. The summed E-state index contributed by atoms with van der Waals surface area (Å²) >= 11 is 0. The van der Waals surface area contributed by atoms with Crippen LogP contribution in [0.15, 0.2) is 60.4 Å². The minimum absolute atomic E-state index is 0.209. The van der Waals surface area contributed by atoms with Crippen LogP contribution in [-0.2, 0) is 4.79 Å². The van der Waals surface area contributed by atoms with Crippen molar-refractivity contribution in [3.8, 4) is 17.2 Å². The highest BCUT2D eigenvalue weighted by molar-refractivity contribution is 6.12. The van der Waals surface area contributed by atoms with Crippen LogP contribution in [0.1, 0.15) is 36.7 Å². The average Bonchev–Trinajstić information content (AvgIpc) is 2.96. The van der Waals surface area contributed by atoms with E-state index < -0.39 is 5.41 Å². The van der Waals surface area contributed by atoms with Gasteiger partial charge in [-0.2, -0.15) is 0 Å². The SMILES string of the molecule is COc1ccccc1/C=C/C=C1\Oc2cc(OC(=O)C(C)(C)C)ccc2C1=O.